The number of unbranched alkanes of at least 4 members (excludes halogenated alkanes) is 1. The summed E-state index contributed by atoms with van der Waals surface area (Å²) in [7, 11) is 1.84. The molecular weight excluding hydrogens is 312 g/mol. The van der Waals surface area contributed by atoms with Crippen molar-refractivity contribution in [2.24, 2.45) is 4.99 Å². The summed E-state index contributed by atoms with van der Waals surface area (Å²) in [4.78, 5) is 18.4. The minimum atomic E-state index is 0.0678. The zero-order chi connectivity index (χ0) is 17.5. The van der Waals surface area contributed by atoms with E-state index in [-0.39, 0.29) is 5.56 Å². The van der Waals surface area contributed by atoms with Crippen LogP contribution in [-0.4, -0.2) is 35.6 Å². The first-order valence-electron chi connectivity index (χ1n) is 8.96. The number of benzene rings is 1. The third-order valence-electron chi connectivity index (χ3n) is 4.65. The van der Waals surface area contributed by atoms with Gasteiger partial charge < -0.3 is 14.8 Å². The minimum Gasteiger partial charge on any atom is -0.356 e. The van der Waals surface area contributed by atoms with E-state index in [1.54, 1.807) is 16.7 Å². The van der Waals surface area contributed by atoms with Gasteiger partial charge in [-0.25, -0.2) is 0 Å². The lowest BCUT2D eigenvalue weighted by atomic mass is 10.0. The Morgan fingerprint density at radius 2 is 1.92 bits per heavy atom. The third-order valence-corrected chi connectivity index (χ3v) is 4.65. The number of rotatable bonds is 5. The van der Waals surface area contributed by atoms with Crippen LogP contribution in [-0.2, 0) is 19.5 Å². The second-order valence-corrected chi connectivity index (χ2v) is 6.35. The number of nitrogens with zero attached hydrogens (tertiary/aromatic N) is 3. The predicted molar refractivity (Wildman–Crippen MR) is 102 cm³/mol. The lowest BCUT2D eigenvalue weighted by Gasteiger charge is -2.31. The number of pyridine rings is 1. The Bertz CT molecular complexity index is 781. The van der Waals surface area contributed by atoms with Crippen LogP contribution >= 0.6 is 0 Å². The number of hydrogen-bond donors (Lipinski definition) is 1. The molecule has 0 spiro atoms. The Balaban J connectivity index is 1.44. The molecule has 0 unspecified atom stereocenters. The molecule has 1 N–H and O–H groups in total. The molecule has 5 heteroatoms. The maximum absolute atomic E-state index is 11.7. The first-order valence-corrected chi connectivity index (χ1v) is 8.96. The summed E-state index contributed by atoms with van der Waals surface area (Å²) in [5.41, 5.74) is 2.90. The second kappa shape index (κ2) is 8.51. The Morgan fingerprint density at radius 3 is 2.72 bits per heavy atom. The molecule has 0 bridgehead atoms. The Morgan fingerprint density at radius 1 is 1.12 bits per heavy atom. The van der Waals surface area contributed by atoms with Gasteiger partial charge in [-0.05, 0) is 36.5 Å². The molecule has 1 aliphatic rings. The molecule has 2 aromatic rings. The van der Waals surface area contributed by atoms with Crippen molar-refractivity contribution in [2.45, 2.75) is 32.4 Å². The van der Waals surface area contributed by atoms with Crippen LogP contribution in [0.5, 0.6) is 0 Å². The molecule has 5 nitrogen and oxygen atoms in total. The van der Waals surface area contributed by atoms with Crippen molar-refractivity contribution in [3.05, 3.63) is 70.1 Å². The Labute approximate surface area is 149 Å². The maximum Gasteiger partial charge on any atom is 0.250 e. The number of fused-ring (bicyclic) bond motifs is 1. The summed E-state index contributed by atoms with van der Waals surface area (Å²) in [5.74, 6) is 0.964. The Kier molecular flexibility index (Phi) is 5.88. The summed E-state index contributed by atoms with van der Waals surface area (Å²) in [6, 6.07) is 13.9. The largest absolute Gasteiger partial charge is 0.356 e. The molecule has 0 atom stereocenters. The minimum absolute atomic E-state index is 0.0678. The summed E-state index contributed by atoms with van der Waals surface area (Å²) in [6.07, 6.45) is 4.88. The highest BCUT2D eigenvalue weighted by Gasteiger charge is 2.18. The zero-order valence-corrected chi connectivity index (χ0v) is 14.8. The average molecular weight is 338 g/mol. The lowest BCUT2D eigenvalue weighted by molar-refractivity contribution is 0.378. The molecule has 25 heavy (non-hydrogen) atoms. The summed E-state index contributed by atoms with van der Waals surface area (Å²) in [5, 5.41) is 3.46. The molecule has 1 aromatic carbocycles. The predicted octanol–water partition coefficient (Wildman–Crippen LogP) is 2.26. The molecule has 132 valence electrons. The van der Waals surface area contributed by atoms with Crippen molar-refractivity contribution < 1.29 is 0 Å². The molecule has 0 fully saturated rings. The van der Waals surface area contributed by atoms with Crippen LogP contribution in [0.2, 0.25) is 0 Å². The van der Waals surface area contributed by atoms with Crippen LogP contribution in [0.1, 0.15) is 24.0 Å². The second-order valence-electron chi connectivity index (χ2n) is 6.35. The topological polar surface area (TPSA) is 49.6 Å². The highest BCUT2D eigenvalue weighted by atomic mass is 16.1. The molecule has 1 aromatic heterocycles. The number of hydrogen-bond acceptors (Lipinski definition) is 2. The van der Waals surface area contributed by atoms with Crippen LogP contribution in [0.15, 0.2) is 58.4 Å². The average Bonchev–Trinajstić information content (AvgIpc) is 2.65. The van der Waals surface area contributed by atoms with E-state index >= 15 is 0 Å². The van der Waals surface area contributed by atoms with Gasteiger partial charge in [0, 0.05) is 45.5 Å². The molecule has 0 saturated carbocycles. The molecule has 0 saturated heterocycles. The van der Waals surface area contributed by atoms with Crippen molar-refractivity contribution in [3.8, 4) is 0 Å². The van der Waals surface area contributed by atoms with E-state index < -0.39 is 0 Å². The molecule has 0 radical (unpaired) electrons. The van der Waals surface area contributed by atoms with Gasteiger partial charge in [-0.1, -0.05) is 30.3 Å². The maximum atomic E-state index is 11.7. The van der Waals surface area contributed by atoms with Gasteiger partial charge in [-0.2, -0.15) is 0 Å². The molecule has 1 aliphatic heterocycles. The fourth-order valence-electron chi connectivity index (χ4n) is 3.26. The number of aliphatic imine (C=N–C) groups is 1. The number of guanidine groups is 1. The van der Waals surface area contributed by atoms with Crippen molar-refractivity contribution in [1.29, 1.82) is 0 Å². The molecular formula is C20H26N4O. The number of aromatic nitrogens is 1. The Hall–Kier alpha value is -2.56. The van der Waals surface area contributed by atoms with E-state index in [1.165, 1.54) is 11.1 Å². The number of nitrogens with one attached hydrogen (secondary N) is 1. The van der Waals surface area contributed by atoms with Crippen LogP contribution in [0, 0.1) is 0 Å². The van der Waals surface area contributed by atoms with E-state index in [2.05, 4.69) is 39.5 Å². The van der Waals surface area contributed by atoms with E-state index in [0.717, 1.165) is 51.4 Å². The van der Waals surface area contributed by atoms with E-state index in [1.807, 2.05) is 19.3 Å². The van der Waals surface area contributed by atoms with Crippen LogP contribution in [0.25, 0.3) is 0 Å². The molecule has 3 rings (SSSR count). The highest BCUT2D eigenvalue weighted by Crippen LogP contribution is 2.18. The third kappa shape index (κ3) is 4.50. The standard InChI is InChI=1S/C20H26N4O/c1-21-20(24-15-11-17-8-2-3-9-18(17)16-24)22-12-5-7-14-23-13-6-4-10-19(23)25/h2-4,6,8-10,13H,5,7,11-12,14-16H2,1H3,(H,21,22). The zero-order valence-electron chi connectivity index (χ0n) is 14.8. The van der Waals surface area contributed by atoms with Crippen molar-refractivity contribution in [2.75, 3.05) is 20.1 Å². The number of aryl methyl sites for hydroxylation is 1. The fourth-order valence-corrected chi connectivity index (χ4v) is 3.26. The summed E-state index contributed by atoms with van der Waals surface area (Å²) < 4.78 is 1.76. The monoisotopic (exact) mass is 338 g/mol. The molecule has 0 amide bonds. The van der Waals surface area contributed by atoms with Crippen LogP contribution in [0.4, 0.5) is 0 Å². The molecule has 0 aliphatic carbocycles. The SMILES string of the molecule is CN=C(NCCCCn1ccccc1=O)N1CCc2ccccc2C1. The quantitative estimate of drug-likeness (QED) is 0.517. The van der Waals surface area contributed by atoms with Crippen molar-refractivity contribution >= 4 is 5.96 Å². The van der Waals surface area contributed by atoms with Gasteiger partial charge in [0.15, 0.2) is 5.96 Å². The van der Waals surface area contributed by atoms with Gasteiger partial charge in [0.05, 0.1) is 0 Å². The smallest absolute Gasteiger partial charge is 0.250 e. The highest BCUT2D eigenvalue weighted by molar-refractivity contribution is 5.80. The normalized spacial score (nSPS) is 14.3. The van der Waals surface area contributed by atoms with Crippen molar-refractivity contribution in [1.82, 2.24) is 14.8 Å². The van der Waals surface area contributed by atoms with E-state index in [0.29, 0.717) is 0 Å². The summed E-state index contributed by atoms with van der Waals surface area (Å²) >= 11 is 0. The summed E-state index contributed by atoms with van der Waals surface area (Å²) in [6.45, 7) is 3.54. The van der Waals surface area contributed by atoms with Gasteiger partial charge in [0.1, 0.15) is 0 Å². The van der Waals surface area contributed by atoms with E-state index in [4.69, 9.17) is 0 Å². The first-order chi connectivity index (χ1) is 12.3. The first kappa shape index (κ1) is 17.3. The van der Waals surface area contributed by atoms with Crippen LogP contribution < -0.4 is 10.9 Å². The van der Waals surface area contributed by atoms with Crippen LogP contribution in [0.3, 0.4) is 0 Å². The fraction of sp³-hybridized carbons (Fsp3) is 0.400. The van der Waals surface area contributed by atoms with Gasteiger partial charge >= 0.3 is 0 Å². The van der Waals surface area contributed by atoms with Gasteiger partial charge in [-0.15, -0.1) is 0 Å². The molecule has 2 heterocycles. The van der Waals surface area contributed by atoms with Gasteiger partial charge in [-0.3, -0.25) is 9.79 Å². The lowest BCUT2D eigenvalue weighted by Crippen LogP contribution is -2.44. The van der Waals surface area contributed by atoms with Gasteiger partial charge in [0.25, 0.3) is 0 Å². The van der Waals surface area contributed by atoms with E-state index in [9.17, 15) is 4.79 Å². The van der Waals surface area contributed by atoms with Crippen molar-refractivity contribution in [3.63, 3.8) is 0 Å². The van der Waals surface area contributed by atoms with Gasteiger partial charge in [0.2, 0.25) is 5.56 Å².